The molecule has 0 spiro atoms. The minimum atomic E-state index is 0.456. The third kappa shape index (κ3) is 4.54. The van der Waals surface area contributed by atoms with E-state index in [1.165, 1.54) is 18.4 Å². The molecule has 0 saturated carbocycles. The molecule has 1 atom stereocenters. The van der Waals surface area contributed by atoms with Crippen molar-refractivity contribution in [2.45, 2.75) is 39.7 Å². The van der Waals surface area contributed by atoms with Gasteiger partial charge in [-0.1, -0.05) is 44.5 Å². The fraction of sp³-hybridized carbons (Fsp3) is 0.571. The van der Waals surface area contributed by atoms with Crippen LogP contribution in [0.3, 0.4) is 0 Å². The summed E-state index contributed by atoms with van der Waals surface area (Å²) in [7, 11) is 0. The molecular formula is C14H22ClN. The van der Waals surface area contributed by atoms with E-state index >= 15 is 0 Å². The monoisotopic (exact) mass is 239 g/mol. The quantitative estimate of drug-likeness (QED) is 0.775. The van der Waals surface area contributed by atoms with Gasteiger partial charge >= 0.3 is 0 Å². The van der Waals surface area contributed by atoms with E-state index in [0.717, 1.165) is 11.6 Å². The van der Waals surface area contributed by atoms with E-state index in [-0.39, 0.29) is 0 Å². The summed E-state index contributed by atoms with van der Waals surface area (Å²) in [5, 5.41) is 4.40. The van der Waals surface area contributed by atoms with Gasteiger partial charge in [0, 0.05) is 11.1 Å². The molecule has 1 nitrogen and oxygen atoms in total. The average Bonchev–Trinajstić information content (AvgIpc) is 2.25. The van der Waals surface area contributed by atoms with E-state index in [1.807, 2.05) is 12.1 Å². The zero-order valence-electron chi connectivity index (χ0n) is 10.5. The Balaban J connectivity index is 2.70. The highest BCUT2D eigenvalue weighted by molar-refractivity contribution is 6.30. The second kappa shape index (κ2) is 6.93. The molecule has 1 unspecified atom stereocenters. The van der Waals surface area contributed by atoms with Crippen molar-refractivity contribution in [1.29, 1.82) is 0 Å². The lowest BCUT2D eigenvalue weighted by atomic mass is 9.97. The SMILES string of the molecule is CCCNC(CC(C)C)c1ccc(Cl)cc1. The fourth-order valence-corrected chi connectivity index (χ4v) is 1.95. The van der Waals surface area contributed by atoms with Crippen LogP contribution in [0.4, 0.5) is 0 Å². The normalized spacial score (nSPS) is 13.1. The first-order valence-corrected chi connectivity index (χ1v) is 6.50. The predicted octanol–water partition coefficient (Wildman–Crippen LogP) is 4.43. The Morgan fingerprint density at radius 2 is 1.81 bits per heavy atom. The van der Waals surface area contributed by atoms with Crippen LogP contribution in [0.25, 0.3) is 0 Å². The molecule has 0 bridgehead atoms. The van der Waals surface area contributed by atoms with Crippen LogP contribution >= 0.6 is 11.6 Å². The van der Waals surface area contributed by atoms with Gasteiger partial charge in [0.15, 0.2) is 0 Å². The maximum atomic E-state index is 5.91. The van der Waals surface area contributed by atoms with Crippen LogP contribution < -0.4 is 5.32 Å². The number of halogens is 1. The molecular weight excluding hydrogens is 218 g/mol. The lowest BCUT2D eigenvalue weighted by Crippen LogP contribution is -2.23. The highest BCUT2D eigenvalue weighted by Crippen LogP contribution is 2.22. The molecule has 0 aliphatic heterocycles. The first-order chi connectivity index (χ1) is 7.63. The number of rotatable bonds is 6. The largest absolute Gasteiger partial charge is 0.310 e. The topological polar surface area (TPSA) is 12.0 Å². The molecule has 0 aliphatic carbocycles. The van der Waals surface area contributed by atoms with Crippen LogP contribution in [0.5, 0.6) is 0 Å². The van der Waals surface area contributed by atoms with Crippen LogP contribution in [0.2, 0.25) is 5.02 Å². The van der Waals surface area contributed by atoms with Crippen molar-refractivity contribution in [2.24, 2.45) is 5.92 Å². The van der Waals surface area contributed by atoms with Crippen LogP contribution in [-0.4, -0.2) is 6.54 Å². The lowest BCUT2D eigenvalue weighted by Gasteiger charge is -2.21. The Hall–Kier alpha value is -0.530. The van der Waals surface area contributed by atoms with Gasteiger partial charge in [-0.2, -0.15) is 0 Å². The van der Waals surface area contributed by atoms with Gasteiger partial charge in [0.05, 0.1) is 0 Å². The Bertz CT molecular complexity index is 292. The highest BCUT2D eigenvalue weighted by Gasteiger charge is 2.11. The molecule has 90 valence electrons. The molecule has 0 amide bonds. The molecule has 0 aliphatic rings. The second-order valence-electron chi connectivity index (χ2n) is 4.69. The van der Waals surface area contributed by atoms with Gasteiger partial charge in [-0.15, -0.1) is 0 Å². The standard InChI is InChI=1S/C14H22ClN/c1-4-9-16-14(10-11(2)3)12-5-7-13(15)8-6-12/h5-8,11,14,16H,4,9-10H2,1-3H3. The van der Waals surface area contributed by atoms with E-state index in [4.69, 9.17) is 11.6 Å². The van der Waals surface area contributed by atoms with Crippen molar-refractivity contribution in [3.8, 4) is 0 Å². The van der Waals surface area contributed by atoms with Gasteiger partial charge in [0.2, 0.25) is 0 Å². The molecule has 1 aromatic rings. The summed E-state index contributed by atoms with van der Waals surface area (Å²) in [4.78, 5) is 0. The maximum absolute atomic E-state index is 5.91. The van der Waals surface area contributed by atoms with Gasteiger partial charge in [0.1, 0.15) is 0 Å². The number of hydrogen-bond donors (Lipinski definition) is 1. The van der Waals surface area contributed by atoms with Gasteiger partial charge in [-0.05, 0) is 43.0 Å². The molecule has 0 saturated heterocycles. The highest BCUT2D eigenvalue weighted by atomic mass is 35.5. The van der Waals surface area contributed by atoms with Crippen molar-refractivity contribution in [2.75, 3.05) is 6.54 Å². The van der Waals surface area contributed by atoms with Gasteiger partial charge in [-0.3, -0.25) is 0 Å². The molecule has 0 aromatic heterocycles. The van der Waals surface area contributed by atoms with Crippen LogP contribution in [0, 0.1) is 5.92 Å². The summed E-state index contributed by atoms with van der Waals surface area (Å²) >= 11 is 5.91. The fourth-order valence-electron chi connectivity index (χ4n) is 1.82. The summed E-state index contributed by atoms with van der Waals surface area (Å²) in [6, 6.07) is 8.64. The molecule has 1 aromatic carbocycles. The van der Waals surface area contributed by atoms with Gasteiger partial charge in [0.25, 0.3) is 0 Å². The van der Waals surface area contributed by atoms with Crippen LogP contribution in [-0.2, 0) is 0 Å². The van der Waals surface area contributed by atoms with Crippen LogP contribution in [0.15, 0.2) is 24.3 Å². The number of benzene rings is 1. The smallest absolute Gasteiger partial charge is 0.0406 e. The van der Waals surface area contributed by atoms with Crippen LogP contribution in [0.1, 0.15) is 45.2 Å². The second-order valence-corrected chi connectivity index (χ2v) is 5.12. The Kier molecular flexibility index (Phi) is 5.86. The summed E-state index contributed by atoms with van der Waals surface area (Å²) < 4.78 is 0. The lowest BCUT2D eigenvalue weighted by molar-refractivity contribution is 0.430. The summed E-state index contributed by atoms with van der Waals surface area (Å²) in [6.45, 7) is 7.79. The number of nitrogens with one attached hydrogen (secondary N) is 1. The molecule has 16 heavy (non-hydrogen) atoms. The summed E-state index contributed by atoms with van der Waals surface area (Å²) in [6.07, 6.45) is 2.34. The van der Waals surface area contributed by atoms with Crippen molar-refractivity contribution in [3.05, 3.63) is 34.9 Å². The first-order valence-electron chi connectivity index (χ1n) is 6.12. The number of hydrogen-bond acceptors (Lipinski definition) is 1. The molecule has 0 radical (unpaired) electrons. The average molecular weight is 240 g/mol. The Morgan fingerprint density at radius 3 is 2.31 bits per heavy atom. The molecule has 1 N–H and O–H groups in total. The van der Waals surface area contributed by atoms with Crippen molar-refractivity contribution < 1.29 is 0 Å². The van der Waals surface area contributed by atoms with Gasteiger partial charge < -0.3 is 5.32 Å². The zero-order chi connectivity index (χ0) is 12.0. The molecule has 1 rings (SSSR count). The zero-order valence-corrected chi connectivity index (χ0v) is 11.2. The van der Waals surface area contributed by atoms with E-state index in [1.54, 1.807) is 0 Å². The minimum absolute atomic E-state index is 0.456. The predicted molar refractivity (Wildman–Crippen MR) is 71.9 cm³/mol. The Labute approximate surface area is 104 Å². The maximum Gasteiger partial charge on any atom is 0.0406 e. The van der Waals surface area contributed by atoms with Gasteiger partial charge in [-0.25, -0.2) is 0 Å². The summed E-state index contributed by atoms with van der Waals surface area (Å²) in [5.41, 5.74) is 1.34. The summed E-state index contributed by atoms with van der Waals surface area (Å²) in [5.74, 6) is 0.699. The first kappa shape index (κ1) is 13.5. The molecule has 2 heteroatoms. The van der Waals surface area contributed by atoms with Crippen molar-refractivity contribution in [1.82, 2.24) is 5.32 Å². The minimum Gasteiger partial charge on any atom is -0.310 e. The van der Waals surface area contributed by atoms with E-state index in [0.29, 0.717) is 12.0 Å². The third-order valence-corrected chi connectivity index (χ3v) is 2.87. The Morgan fingerprint density at radius 1 is 1.19 bits per heavy atom. The molecule has 0 heterocycles. The van der Waals surface area contributed by atoms with E-state index < -0.39 is 0 Å². The van der Waals surface area contributed by atoms with Crippen molar-refractivity contribution >= 4 is 11.6 Å². The molecule has 0 fully saturated rings. The third-order valence-electron chi connectivity index (χ3n) is 2.62. The van der Waals surface area contributed by atoms with E-state index in [2.05, 4.69) is 38.2 Å². The van der Waals surface area contributed by atoms with E-state index in [9.17, 15) is 0 Å². The van der Waals surface area contributed by atoms with Crippen molar-refractivity contribution in [3.63, 3.8) is 0 Å².